The number of urea groups is 1. The third kappa shape index (κ3) is 37.5. The van der Waals surface area contributed by atoms with Crippen molar-refractivity contribution in [2.45, 2.75) is 108 Å². The standard InChI is InChI=1S/C66H96IN11O21/c67-50-18-15-46(16-19-50)8-7-13-55(79)71-51(11-3-5-23-68-57(81)42-75-26-28-76(43-59(84)85)30-32-78(45-61(88)89)33-31-77(29-27-75)44-60(86)87)62(90)70-25-35-98-37-39-99-38-36-97-34-22-56(80)72-54(41-47-14-17-48-9-1-2-10-49(48)40-47)63(91)69-24-6-4-12-52(64(92)93)73-66(96)74-53(65(94)95)20-21-58(82)83/h1-2,9-10,14-19,40,51-54H,3-8,11-13,20-39,41-45H2,(H,68,81)(H,69,91)(H,70,90)(H,71,79)(H,72,80)(H,82,83)(H,84,85)(H,86,87)(H,88,89)(H,92,93)(H,94,95)(H2,73,74,96)/t51-,52-,53-,54-/m0/s1. The Kier molecular flexibility index (Phi) is 40.1. The molecule has 32 nitrogen and oxygen atoms in total. The molecule has 99 heavy (non-hydrogen) atoms. The lowest BCUT2D eigenvalue weighted by Gasteiger charge is -2.32. The Morgan fingerprint density at radius 3 is 1.40 bits per heavy atom. The zero-order valence-electron chi connectivity index (χ0n) is 55.7. The smallest absolute Gasteiger partial charge is 0.326 e. The van der Waals surface area contributed by atoms with Gasteiger partial charge in [0, 0.05) is 101 Å². The van der Waals surface area contributed by atoms with E-state index in [0.29, 0.717) is 25.7 Å². The van der Waals surface area contributed by atoms with Gasteiger partial charge in [-0.25, -0.2) is 14.4 Å². The predicted octanol–water partition coefficient (Wildman–Crippen LogP) is 0.654. The van der Waals surface area contributed by atoms with Gasteiger partial charge in [-0.15, -0.1) is 0 Å². The second-order valence-electron chi connectivity index (χ2n) is 23.7. The van der Waals surface area contributed by atoms with Gasteiger partial charge in [-0.3, -0.25) is 62.8 Å². The lowest BCUT2D eigenvalue weighted by Crippen LogP contribution is -2.51. The Bertz CT molecular complexity index is 3050. The van der Waals surface area contributed by atoms with Crippen LogP contribution in [0.1, 0.15) is 81.8 Å². The number of hydrogen-bond acceptors (Lipinski definition) is 19. The van der Waals surface area contributed by atoms with Crippen LogP contribution in [0.5, 0.6) is 0 Å². The number of benzene rings is 3. The number of carboxylic acid groups (broad SMARTS) is 6. The van der Waals surface area contributed by atoms with Crippen molar-refractivity contribution in [3.63, 3.8) is 0 Å². The summed E-state index contributed by atoms with van der Waals surface area (Å²) in [6, 6.07) is 15.4. The summed E-state index contributed by atoms with van der Waals surface area (Å²) in [5.41, 5.74) is 1.86. The van der Waals surface area contributed by atoms with Crippen LogP contribution in [0.2, 0.25) is 0 Å². The molecule has 0 bridgehead atoms. The topological polar surface area (TPSA) is 451 Å². The van der Waals surface area contributed by atoms with Crippen molar-refractivity contribution in [3.8, 4) is 0 Å². The summed E-state index contributed by atoms with van der Waals surface area (Å²) in [6.07, 6.45) is 2.11. The lowest BCUT2D eigenvalue weighted by molar-refractivity contribution is -0.141. The molecule has 548 valence electrons. The third-order valence-electron chi connectivity index (χ3n) is 15.8. The van der Waals surface area contributed by atoms with E-state index >= 15 is 0 Å². The van der Waals surface area contributed by atoms with Crippen LogP contribution in [0.25, 0.3) is 10.8 Å². The number of nitrogens with one attached hydrogen (secondary N) is 7. The third-order valence-corrected chi connectivity index (χ3v) is 16.5. The van der Waals surface area contributed by atoms with E-state index in [2.05, 4.69) is 59.8 Å². The molecule has 4 rings (SSSR count). The van der Waals surface area contributed by atoms with Gasteiger partial charge < -0.3 is 82.1 Å². The van der Waals surface area contributed by atoms with E-state index < -0.39 is 96.6 Å². The SMILES string of the molecule is O=C(O)CC[C@H](NC(=O)N[C@@H](CCCCNC(=O)[C@H](Cc1ccc2ccccc2c1)NC(=O)CCOCCOCCOCCNC(=O)[C@H](CCCCNC(=O)CN1CCN(CC(=O)O)CCN(CC(=O)O)CCN(CC(=O)O)CC1)NC(=O)CCCc1ccc(I)cc1)C(=O)O)C(=O)O. The highest BCUT2D eigenvalue weighted by Crippen LogP contribution is 2.18. The molecule has 0 aromatic heterocycles. The van der Waals surface area contributed by atoms with Crippen LogP contribution in [0.3, 0.4) is 0 Å². The van der Waals surface area contributed by atoms with Crippen LogP contribution in [0.15, 0.2) is 66.7 Å². The zero-order chi connectivity index (χ0) is 72.3. The minimum atomic E-state index is -1.56. The monoisotopic (exact) mass is 1510 g/mol. The first-order valence-corrected chi connectivity index (χ1v) is 34.2. The van der Waals surface area contributed by atoms with Gasteiger partial charge in [0.25, 0.3) is 0 Å². The molecular formula is C66H96IN11O21. The molecule has 3 aromatic rings. The first-order valence-electron chi connectivity index (χ1n) is 33.1. The van der Waals surface area contributed by atoms with Crippen molar-refractivity contribution < 1.29 is 102 Å². The highest BCUT2D eigenvalue weighted by atomic mass is 127. The number of fused-ring (bicyclic) bond motifs is 1. The Balaban J connectivity index is 1.18. The van der Waals surface area contributed by atoms with Crippen LogP contribution >= 0.6 is 22.6 Å². The summed E-state index contributed by atoms with van der Waals surface area (Å²) in [4.78, 5) is 155. The van der Waals surface area contributed by atoms with Crippen LogP contribution in [0, 0.1) is 3.57 Å². The number of rotatable bonds is 47. The van der Waals surface area contributed by atoms with Crippen LogP contribution in [-0.2, 0) is 79.8 Å². The van der Waals surface area contributed by atoms with E-state index in [-0.39, 0.29) is 195 Å². The van der Waals surface area contributed by atoms with Crippen LogP contribution in [-0.4, -0.2) is 284 Å². The first kappa shape index (κ1) is 83.2. The molecule has 0 spiro atoms. The quantitative estimate of drug-likeness (QED) is 0.0273. The van der Waals surface area contributed by atoms with Gasteiger partial charge in [0.15, 0.2) is 0 Å². The highest BCUT2D eigenvalue weighted by molar-refractivity contribution is 14.1. The van der Waals surface area contributed by atoms with Crippen molar-refractivity contribution in [3.05, 3.63) is 81.4 Å². The van der Waals surface area contributed by atoms with Crippen molar-refractivity contribution in [1.82, 2.24) is 56.8 Å². The number of carbonyl (C=O) groups is 12. The second kappa shape index (κ2) is 47.7. The summed E-state index contributed by atoms with van der Waals surface area (Å²) >= 11 is 2.22. The fraction of sp³-hybridized carbons (Fsp3) is 0.576. The van der Waals surface area contributed by atoms with E-state index in [1.807, 2.05) is 71.6 Å². The number of ether oxygens (including phenoxy) is 3. The average molecular weight is 1510 g/mol. The van der Waals surface area contributed by atoms with E-state index in [4.69, 9.17) is 19.3 Å². The number of carboxylic acids is 6. The molecule has 1 aliphatic heterocycles. The largest absolute Gasteiger partial charge is 0.481 e. The number of nitrogens with zero attached hydrogens (tertiary/aromatic N) is 4. The van der Waals surface area contributed by atoms with Crippen LogP contribution in [0.4, 0.5) is 4.79 Å². The number of unbranched alkanes of at least 4 members (excludes halogenated alkanes) is 2. The number of amides is 7. The van der Waals surface area contributed by atoms with Gasteiger partial charge >= 0.3 is 41.8 Å². The molecule has 7 amide bonds. The van der Waals surface area contributed by atoms with Crippen molar-refractivity contribution in [2.24, 2.45) is 0 Å². The minimum Gasteiger partial charge on any atom is -0.481 e. The van der Waals surface area contributed by atoms with E-state index in [9.17, 15) is 83.1 Å². The molecule has 0 aliphatic carbocycles. The average Bonchev–Trinajstić information content (AvgIpc) is 0.858. The Morgan fingerprint density at radius 2 is 0.859 bits per heavy atom. The van der Waals surface area contributed by atoms with Gasteiger partial charge in [-0.2, -0.15) is 0 Å². The van der Waals surface area contributed by atoms with Gasteiger partial charge in [0.2, 0.25) is 29.5 Å². The maximum Gasteiger partial charge on any atom is 0.326 e. The maximum atomic E-state index is 13.6. The molecular weight excluding hydrogens is 1410 g/mol. The lowest BCUT2D eigenvalue weighted by atomic mass is 10.0. The van der Waals surface area contributed by atoms with E-state index in [1.54, 1.807) is 14.7 Å². The van der Waals surface area contributed by atoms with Gasteiger partial charge in [0.1, 0.15) is 24.2 Å². The Morgan fingerprint density at radius 1 is 0.404 bits per heavy atom. The molecule has 33 heteroatoms. The number of aliphatic carboxylic acids is 6. The number of aryl methyl sites for hydroxylation is 1. The summed E-state index contributed by atoms with van der Waals surface area (Å²) in [7, 11) is 0. The summed E-state index contributed by atoms with van der Waals surface area (Å²) in [5.74, 6) is -9.30. The fourth-order valence-electron chi connectivity index (χ4n) is 10.5. The number of carbonyl (C=O) groups excluding carboxylic acids is 6. The molecule has 0 unspecified atom stereocenters. The molecule has 1 fully saturated rings. The molecule has 3 aromatic carbocycles. The van der Waals surface area contributed by atoms with Crippen molar-refractivity contribution in [1.29, 1.82) is 0 Å². The molecule has 1 saturated heterocycles. The first-order chi connectivity index (χ1) is 47.4. The Hall–Kier alpha value is -8.19. The maximum absolute atomic E-state index is 13.6. The van der Waals surface area contributed by atoms with Crippen molar-refractivity contribution in [2.75, 3.05) is 138 Å². The van der Waals surface area contributed by atoms with E-state index in [1.165, 1.54) is 0 Å². The minimum absolute atomic E-state index is 0.00980. The van der Waals surface area contributed by atoms with Gasteiger partial charge in [-0.1, -0.05) is 54.6 Å². The van der Waals surface area contributed by atoms with E-state index in [0.717, 1.165) is 25.5 Å². The molecule has 1 heterocycles. The van der Waals surface area contributed by atoms with Gasteiger partial charge in [0.05, 0.1) is 65.8 Å². The Labute approximate surface area is 588 Å². The highest BCUT2D eigenvalue weighted by Gasteiger charge is 2.27. The predicted molar refractivity (Wildman–Crippen MR) is 367 cm³/mol. The molecule has 13 N–H and O–H groups in total. The molecule has 1 aliphatic rings. The molecule has 0 saturated carbocycles. The molecule has 4 atom stereocenters. The summed E-state index contributed by atoms with van der Waals surface area (Å²) in [5, 5.41) is 76.8. The normalized spacial score (nSPS) is 14.8. The summed E-state index contributed by atoms with van der Waals surface area (Å²) in [6.45, 7) is 2.38. The second-order valence-corrected chi connectivity index (χ2v) is 25.0. The number of halogens is 1. The summed E-state index contributed by atoms with van der Waals surface area (Å²) < 4.78 is 18.0. The van der Waals surface area contributed by atoms with Gasteiger partial charge in [-0.05, 0) is 114 Å². The molecule has 0 radical (unpaired) electrons. The van der Waals surface area contributed by atoms with Crippen molar-refractivity contribution >= 4 is 105 Å². The zero-order valence-corrected chi connectivity index (χ0v) is 57.8. The number of hydrogen-bond donors (Lipinski definition) is 13. The van der Waals surface area contributed by atoms with Crippen LogP contribution < -0.4 is 37.2 Å². The fourth-order valence-corrected chi connectivity index (χ4v) is 10.8.